The smallest absolute Gasteiger partial charge is 0.243 e. The lowest BCUT2D eigenvalue weighted by molar-refractivity contribution is -0.136. The third-order valence-corrected chi connectivity index (χ3v) is 17.6. The van der Waals surface area contributed by atoms with E-state index in [0.29, 0.717) is 96.6 Å². The highest BCUT2D eigenvalue weighted by Gasteiger charge is 2.37. The summed E-state index contributed by atoms with van der Waals surface area (Å²) in [5.41, 5.74) is 46.0. The number of nitrogens with two attached hydrogens (primary N) is 8. The number of primary amides is 1. The maximum absolute atomic E-state index is 14.5. The number of hydrogen-bond donors (Lipinski definition) is 21. The molecule has 0 saturated heterocycles. The SMILES string of the molecule is CC(C)C[C@@H](NC(=O)[C@H](N)CCCCN)C(=O)N[C@H](C)C(=O)N[C@H](CCCCN)C(=O)N[C@H](CC(C)C)C(=O)N[C@H](C)C(=O)N[C@H](CCCCN)C(=O)N[C@H](CCCCN)C(=O)N[C@H](CC(C)C)C(=O)N[C@H](C)C(=O)N[C@H](CCCCN)C(=O)N[C@H](CC(C)C)C(=O)N[C@H](C)C(=O)N[C@H](CCCCN)C(N)=O. The first-order valence-corrected chi connectivity index (χ1v) is 38.6. The fourth-order valence-electron chi connectivity index (χ4n) is 11.3. The second kappa shape index (κ2) is 55.7. The van der Waals surface area contributed by atoms with E-state index in [1.165, 1.54) is 27.7 Å². The lowest BCUT2D eigenvalue weighted by Gasteiger charge is -2.28. The highest BCUT2D eigenvalue weighted by Crippen LogP contribution is 2.15. The van der Waals surface area contributed by atoms with Gasteiger partial charge in [0.1, 0.15) is 78.5 Å². The van der Waals surface area contributed by atoms with Crippen molar-refractivity contribution in [2.45, 2.75) is 309 Å². The van der Waals surface area contributed by atoms with E-state index in [0.717, 1.165) is 0 Å². The van der Waals surface area contributed by atoms with Gasteiger partial charge in [0.15, 0.2) is 0 Å². The molecule has 0 radical (unpaired) electrons. The summed E-state index contributed by atoms with van der Waals surface area (Å²) in [7, 11) is 0. The van der Waals surface area contributed by atoms with Crippen molar-refractivity contribution in [2.75, 3.05) is 39.3 Å². The Kier molecular flexibility index (Phi) is 51.7. The molecule has 0 saturated carbocycles. The Morgan fingerprint density at radius 3 is 0.589 bits per heavy atom. The molecule has 0 bridgehead atoms. The molecule has 29 N–H and O–H groups in total. The molecule has 0 aliphatic rings. The van der Waals surface area contributed by atoms with Gasteiger partial charge in [-0.3, -0.25) is 67.1 Å². The van der Waals surface area contributed by atoms with Gasteiger partial charge >= 0.3 is 0 Å². The van der Waals surface area contributed by atoms with Gasteiger partial charge in [0, 0.05) is 0 Å². The zero-order valence-corrected chi connectivity index (χ0v) is 66.0. The topological polar surface area (TPSA) is 604 Å². The Morgan fingerprint density at radius 1 is 0.215 bits per heavy atom. The number of nitrogens with one attached hydrogen (secondary N) is 13. The summed E-state index contributed by atoms with van der Waals surface area (Å²) in [6.07, 6.45) is 7.07. The zero-order valence-electron chi connectivity index (χ0n) is 66.0. The van der Waals surface area contributed by atoms with E-state index in [-0.39, 0.29) is 108 Å². The van der Waals surface area contributed by atoms with E-state index >= 15 is 0 Å². The standard InChI is InChI=1S/C72H139N21O14/c1-41(2)37-55(90-64(99)49(79)25-13-19-31-73)69(104)82-46(10)62(97)87-52(28-16-22-34-76)67(102)92-57(39-43(5)6)71(106)83-47(11)61(96)86-51(27-15-21-33-75)65(100)89-54(30-18-24-36-78)68(103)93-58(40-44(7)8)72(107)84-48(12)63(98)88-53(29-17-23-35-77)66(101)91-56(38-42(3)4)70(105)81-45(9)60(95)85-50(59(80)94)26-14-20-32-74/h41-58H,13-40,73-79H2,1-12H3,(H2,80,94)(H,81,105)(H,82,104)(H,83,106)(H,84,107)(H,85,95)(H,86,96)(H,87,97)(H,88,98)(H,89,100)(H,90,99)(H,91,101)(H,92,102)(H,93,103)/t45-,46-,47-,48-,49-,50-,51-,52-,53-,54-,55-,56-,57-,58-/m1/s1. The van der Waals surface area contributed by atoms with E-state index in [1.54, 1.807) is 13.8 Å². The highest BCUT2D eigenvalue weighted by molar-refractivity contribution is 6.00. The number of unbranched alkanes of at least 4 members (excludes halogenated alkanes) is 6. The molecule has 0 fully saturated rings. The van der Waals surface area contributed by atoms with Gasteiger partial charge in [-0.05, 0) is 225 Å². The van der Waals surface area contributed by atoms with Crippen molar-refractivity contribution in [1.29, 1.82) is 0 Å². The Morgan fingerprint density at radius 2 is 0.383 bits per heavy atom. The van der Waals surface area contributed by atoms with Crippen molar-refractivity contribution in [3.8, 4) is 0 Å². The van der Waals surface area contributed by atoms with Crippen molar-refractivity contribution in [3.05, 3.63) is 0 Å². The summed E-state index contributed by atoms with van der Waals surface area (Å²) < 4.78 is 0. The number of carbonyl (C=O) groups excluding carboxylic acids is 14. The Balaban J connectivity index is 6.68. The molecule has 107 heavy (non-hydrogen) atoms. The maximum atomic E-state index is 14.5. The third kappa shape index (κ3) is 42.6. The summed E-state index contributed by atoms with van der Waals surface area (Å²) in [6, 6.07) is -16.6. The monoisotopic (exact) mass is 1520 g/mol. The summed E-state index contributed by atoms with van der Waals surface area (Å²) in [5, 5.41) is 34.8. The molecule has 0 spiro atoms. The summed E-state index contributed by atoms with van der Waals surface area (Å²) in [6.45, 7) is 22.0. The van der Waals surface area contributed by atoms with Crippen molar-refractivity contribution in [1.82, 2.24) is 69.1 Å². The molecule has 616 valence electrons. The average molecular weight is 1520 g/mol. The Bertz CT molecular complexity index is 2750. The molecule has 0 aromatic carbocycles. The Hall–Kier alpha value is -7.70. The average Bonchev–Trinajstić information content (AvgIpc) is 0.859. The van der Waals surface area contributed by atoms with Crippen molar-refractivity contribution < 1.29 is 67.1 Å². The van der Waals surface area contributed by atoms with Crippen LogP contribution in [0.4, 0.5) is 0 Å². The highest BCUT2D eigenvalue weighted by atomic mass is 16.2. The summed E-state index contributed by atoms with van der Waals surface area (Å²) >= 11 is 0. The Labute approximate surface area is 634 Å². The van der Waals surface area contributed by atoms with Crippen LogP contribution in [0.5, 0.6) is 0 Å². The predicted molar refractivity (Wildman–Crippen MR) is 410 cm³/mol. The molecule has 14 atom stereocenters. The zero-order chi connectivity index (χ0) is 81.5. The second-order valence-corrected chi connectivity index (χ2v) is 29.7. The maximum Gasteiger partial charge on any atom is 0.243 e. The van der Waals surface area contributed by atoms with Crippen LogP contribution in [0, 0.1) is 23.7 Å². The van der Waals surface area contributed by atoms with E-state index in [4.69, 9.17) is 45.9 Å². The van der Waals surface area contributed by atoms with Crippen LogP contribution in [-0.4, -0.2) is 207 Å². The van der Waals surface area contributed by atoms with Crippen molar-refractivity contribution in [3.63, 3.8) is 0 Å². The summed E-state index contributed by atoms with van der Waals surface area (Å²) in [5.74, 6) is -10.8. The number of carbonyl (C=O) groups is 14. The first-order chi connectivity index (χ1) is 50.4. The van der Waals surface area contributed by atoms with Crippen molar-refractivity contribution in [2.24, 2.45) is 69.5 Å². The molecular weight excluding hydrogens is 1380 g/mol. The fourth-order valence-corrected chi connectivity index (χ4v) is 11.3. The van der Waals surface area contributed by atoms with Gasteiger partial charge in [0.25, 0.3) is 0 Å². The van der Waals surface area contributed by atoms with Gasteiger partial charge in [0.2, 0.25) is 82.7 Å². The number of amides is 14. The van der Waals surface area contributed by atoms with Crippen LogP contribution in [0.25, 0.3) is 0 Å². The molecule has 0 heterocycles. The molecule has 14 amide bonds. The first-order valence-electron chi connectivity index (χ1n) is 38.6. The molecule has 0 aliphatic carbocycles. The van der Waals surface area contributed by atoms with Gasteiger partial charge in [0.05, 0.1) is 6.04 Å². The molecule has 0 aliphatic heterocycles. The predicted octanol–water partition coefficient (Wildman–Crippen LogP) is -2.86. The third-order valence-electron chi connectivity index (χ3n) is 17.6. The van der Waals surface area contributed by atoms with Crippen LogP contribution in [-0.2, 0) is 67.1 Å². The minimum absolute atomic E-state index is 0.0376. The van der Waals surface area contributed by atoms with E-state index in [1.807, 2.05) is 41.5 Å². The lowest BCUT2D eigenvalue weighted by atomic mass is 10.0. The second-order valence-electron chi connectivity index (χ2n) is 29.7. The molecule has 0 aromatic rings. The van der Waals surface area contributed by atoms with Gasteiger partial charge in [-0.25, -0.2) is 0 Å². The molecule has 0 aromatic heterocycles. The van der Waals surface area contributed by atoms with Crippen molar-refractivity contribution >= 4 is 82.7 Å². The van der Waals surface area contributed by atoms with Crippen LogP contribution in [0.15, 0.2) is 0 Å². The minimum Gasteiger partial charge on any atom is -0.368 e. The fraction of sp³-hybridized carbons (Fsp3) is 0.806. The molecular formula is C72H139N21O14. The first kappa shape index (κ1) is 99.3. The van der Waals surface area contributed by atoms with Crippen LogP contribution in [0.2, 0.25) is 0 Å². The molecule has 35 heteroatoms. The quantitative estimate of drug-likeness (QED) is 0.0272. The molecule has 0 unspecified atom stereocenters. The van der Waals surface area contributed by atoms with Gasteiger partial charge < -0.3 is 115 Å². The normalized spacial score (nSPS) is 15.4. The van der Waals surface area contributed by atoms with E-state index in [9.17, 15) is 67.1 Å². The van der Waals surface area contributed by atoms with E-state index < -0.39 is 167 Å². The van der Waals surface area contributed by atoms with Gasteiger partial charge in [-0.15, -0.1) is 0 Å². The van der Waals surface area contributed by atoms with Crippen LogP contribution >= 0.6 is 0 Å². The summed E-state index contributed by atoms with van der Waals surface area (Å²) in [4.78, 5) is 193. The number of hydrogen-bond acceptors (Lipinski definition) is 21. The number of rotatable bonds is 59. The lowest BCUT2D eigenvalue weighted by Crippen LogP contribution is -2.60. The van der Waals surface area contributed by atoms with Gasteiger partial charge in [-0.1, -0.05) is 61.8 Å². The molecule has 35 nitrogen and oxygen atoms in total. The minimum atomic E-state index is -1.32. The largest absolute Gasteiger partial charge is 0.368 e. The van der Waals surface area contributed by atoms with Crippen LogP contribution in [0.3, 0.4) is 0 Å². The molecule has 0 rings (SSSR count). The van der Waals surface area contributed by atoms with Gasteiger partial charge in [-0.2, -0.15) is 0 Å². The van der Waals surface area contributed by atoms with E-state index in [2.05, 4.69) is 69.1 Å². The van der Waals surface area contributed by atoms with Crippen LogP contribution < -0.4 is 115 Å². The van der Waals surface area contributed by atoms with Crippen LogP contribution in [0.1, 0.15) is 224 Å².